The van der Waals surface area contributed by atoms with Crippen LogP contribution in [0.3, 0.4) is 0 Å². The zero-order valence-electron chi connectivity index (χ0n) is 6.37. The van der Waals surface area contributed by atoms with Crippen molar-refractivity contribution >= 4 is 21.6 Å². The Labute approximate surface area is 72.6 Å². The number of fused-ring (bicyclic) bond motifs is 1. The van der Waals surface area contributed by atoms with Gasteiger partial charge in [-0.3, -0.25) is 0 Å². The van der Waals surface area contributed by atoms with Gasteiger partial charge in [0, 0.05) is 6.07 Å². The van der Waals surface area contributed by atoms with Crippen LogP contribution in [0.15, 0.2) is 17.6 Å². The van der Waals surface area contributed by atoms with Gasteiger partial charge in [0.2, 0.25) is 0 Å². The van der Waals surface area contributed by atoms with E-state index in [2.05, 4.69) is 4.98 Å². The van der Waals surface area contributed by atoms with E-state index in [-0.39, 0.29) is 5.82 Å². The van der Waals surface area contributed by atoms with Crippen LogP contribution in [0.5, 0.6) is 5.75 Å². The molecule has 0 saturated heterocycles. The molecule has 62 valence electrons. The molecule has 2 rings (SSSR count). The van der Waals surface area contributed by atoms with E-state index in [0.29, 0.717) is 11.3 Å². The molecule has 0 aliphatic heterocycles. The number of aromatic nitrogens is 1. The van der Waals surface area contributed by atoms with Crippen LogP contribution in [0, 0.1) is 5.82 Å². The first kappa shape index (κ1) is 7.49. The number of thiazole rings is 1. The molecule has 1 aromatic carbocycles. The number of nitrogens with zero attached hydrogens (tertiary/aromatic N) is 1. The van der Waals surface area contributed by atoms with Crippen molar-refractivity contribution in [3.05, 3.63) is 23.5 Å². The molecule has 4 heteroatoms. The summed E-state index contributed by atoms with van der Waals surface area (Å²) in [6, 6.07) is 3.11. The molecule has 1 heterocycles. The smallest absolute Gasteiger partial charge is 0.153 e. The molecule has 0 N–H and O–H groups in total. The third-order valence-electron chi connectivity index (χ3n) is 1.60. The van der Waals surface area contributed by atoms with Crippen molar-refractivity contribution < 1.29 is 9.13 Å². The first-order chi connectivity index (χ1) is 5.81. The summed E-state index contributed by atoms with van der Waals surface area (Å²) in [5.41, 5.74) is 2.04. The van der Waals surface area contributed by atoms with E-state index in [1.165, 1.54) is 24.5 Å². The van der Waals surface area contributed by atoms with E-state index in [1.807, 2.05) is 0 Å². The van der Waals surface area contributed by atoms with Crippen LogP contribution in [-0.4, -0.2) is 12.1 Å². The van der Waals surface area contributed by atoms with Crippen molar-refractivity contribution in [2.24, 2.45) is 0 Å². The molecule has 2 nitrogen and oxygen atoms in total. The Balaban J connectivity index is 2.75. The Morgan fingerprint density at radius 3 is 3.08 bits per heavy atom. The van der Waals surface area contributed by atoms with Gasteiger partial charge < -0.3 is 4.74 Å². The highest BCUT2D eigenvalue weighted by atomic mass is 32.1. The van der Waals surface area contributed by atoms with Crippen LogP contribution < -0.4 is 4.74 Å². The largest absolute Gasteiger partial charge is 0.497 e. The molecule has 1 aromatic heterocycles. The third kappa shape index (κ3) is 1.04. The van der Waals surface area contributed by atoms with Gasteiger partial charge in [-0.15, -0.1) is 11.3 Å². The average molecular weight is 183 g/mol. The Kier molecular flexibility index (Phi) is 1.69. The van der Waals surface area contributed by atoms with E-state index in [1.54, 1.807) is 11.6 Å². The normalized spacial score (nSPS) is 10.5. The van der Waals surface area contributed by atoms with Crippen molar-refractivity contribution in [1.82, 2.24) is 4.98 Å². The number of benzene rings is 1. The second kappa shape index (κ2) is 2.71. The molecular weight excluding hydrogens is 177 g/mol. The fourth-order valence-electron chi connectivity index (χ4n) is 1.02. The minimum atomic E-state index is -0.328. The molecule has 0 unspecified atom stereocenters. The van der Waals surface area contributed by atoms with Gasteiger partial charge in [0.25, 0.3) is 0 Å². The predicted octanol–water partition coefficient (Wildman–Crippen LogP) is 2.44. The molecule has 0 saturated carbocycles. The summed E-state index contributed by atoms with van der Waals surface area (Å²) in [6.07, 6.45) is 0. The molecular formula is C8H6FNOS. The van der Waals surface area contributed by atoms with Gasteiger partial charge in [-0.05, 0) is 6.07 Å². The molecule has 2 aromatic rings. The minimum Gasteiger partial charge on any atom is -0.497 e. The van der Waals surface area contributed by atoms with Gasteiger partial charge >= 0.3 is 0 Å². The Morgan fingerprint density at radius 1 is 1.50 bits per heavy atom. The number of methoxy groups -OCH3 is 1. The van der Waals surface area contributed by atoms with Crippen LogP contribution in [-0.2, 0) is 0 Å². The number of ether oxygens (including phenoxy) is 1. The predicted molar refractivity (Wildman–Crippen MR) is 46.1 cm³/mol. The first-order valence-electron chi connectivity index (χ1n) is 3.38. The monoisotopic (exact) mass is 183 g/mol. The highest BCUT2D eigenvalue weighted by molar-refractivity contribution is 7.16. The summed E-state index contributed by atoms with van der Waals surface area (Å²) in [6.45, 7) is 0. The van der Waals surface area contributed by atoms with Crippen LogP contribution >= 0.6 is 11.3 Å². The zero-order chi connectivity index (χ0) is 8.55. The van der Waals surface area contributed by atoms with Crippen molar-refractivity contribution in [3.63, 3.8) is 0 Å². The van der Waals surface area contributed by atoms with Gasteiger partial charge in [0.05, 0.1) is 17.3 Å². The van der Waals surface area contributed by atoms with Gasteiger partial charge in [0.1, 0.15) is 11.3 Å². The van der Waals surface area contributed by atoms with Crippen molar-refractivity contribution in [2.45, 2.75) is 0 Å². The Morgan fingerprint density at radius 2 is 2.33 bits per heavy atom. The lowest BCUT2D eigenvalue weighted by Gasteiger charge is -1.98. The quantitative estimate of drug-likeness (QED) is 0.677. The number of rotatable bonds is 1. The fourth-order valence-corrected chi connectivity index (χ4v) is 1.74. The van der Waals surface area contributed by atoms with E-state index in [0.717, 1.165) is 4.70 Å². The lowest BCUT2D eigenvalue weighted by molar-refractivity contribution is 0.412. The van der Waals surface area contributed by atoms with Gasteiger partial charge in [0.15, 0.2) is 5.82 Å². The average Bonchev–Trinajstić information content (AvgIpc) is 2.52. The topological polar surface area (TPSA) is 22.1 Å². The lowest BCUT2D eigenvalue weighted by atomic mass is 10.3. The molecule has 0 bridgehead atoms. The summed E-state index contributed by atoms with van der Waals surface area (Å²) in [4.78, 5) is 3.88. The van der Waals surface area contributed by atoms with E-state index >= 15 is 0 Å². The van der Waals surface area contributed by atoms with Crippen molar-refractivity contribution in [2.75, 3.05) is 7.11 Å². The number of halogens is 1. The summed E-state index contributed by atoms with van der Waals surface area (Å²) in [5.74, 6) is 0.204. The molecule has 0 spiro atoms. The van der Waals surface area contributed by atoms with E-state index in [4.69, 9.17) is 4.74 Å². The standard InChI is InChI=1S/C8H6FNOS/c1-11-5-2-6(9)8-7(3-5)12-4-10-8/h2-4H,1H3. The SMILES string of the molecule is COc1cc(F)c2ncsc2c1. The molecule has 0 aliphatic rings. The highest BCUT2D eigenvalue weighted by Gasteiger charge is 2.05. The maximum Gasteiger partial charge on any atom is 0.153 e. The second-order valence-corrected chi connectivity index (χ2v) is 3.19. The van der Waals surface area contributed by atoms with Crippen LogP contribution in [0.25, 0.3) is 10.2 Å². The number of hydrogen-bond donors (Lipinski definition) is 0. The van der Waals surface area contributed by atoms with Gasteiger partial charge in [-0.25, -0.2) is 9.37 Å². The van der Waals surface area contributed by atoms with Crippen molar-refractivity contribution in [3.8, 4) is 5.75 Å². The second-order valence-electron chi connectivity index (χ2n) is 2.31. The maximum absolute atomic E-state index is 13.1. The summed E-state index contributed by atoms with van der Waals surface area (Å²) >= 11 is 1.40. The Bertz CT molecular complexity index is 412. The van der Waals surface area contributed by atoms with Crippen molar-refractivity contribution in [1.29, 1.82) is 0 Å². The summed E-state index contributed by atoms with van der Waals surface area (Å²) < 4.78 is 18.9. The van der Waals surface area contributed by atoms with Gasteiger partial charge in [-0.1, -0.05) is 0 Å². The summed E-state index contributed by atoms with van der Waals surface area (Å²) in [5, 5.41) is 0. The Hall–Kier alpha value is -1.16. The maximum atomic E-state index is 13.1. The zero-order valence-corrected chi connectivity index (χ0v) is 7.19. The highest BCUT2D eigenvalue weighted by Crippen LogP contribution is 2.25. The number of hydrogen-bond acceptors (Lipinski definition) is 3. The fraction of sp³-hybridized carbons (Fsp3) is 0.125. The first-order valence-corrected chi connectivity index (χ1v) is 4.26. The molecule has 12 heavy (non-hydrogen) atoms. The molecule has 0 fully saturated rings. The molecule has 0 amide bonds. The van der Waals surface area contributed by atoms with E-state index in [9.17, 15) is 4.39 Å². The molecule has 0 atom stereocenters. The van der Waals surface area contributed by atoms with Crippen LogP contribution in [0.2, 0.25) is 0 Å². The lowest BCUT2D eigenvalue weighted by Crippen LogP contribution is -1.84. The molecule has 0 aliphatic carbocycles. The van der Waals surface area contributed by atoms with Gasteiger partial charge in [-0.2, -0.15) is 0 Å². The minimum absolute atomic E-state index is 0.328. The molecule has 0 radical (unpaired) electrons. The van der Waals surface area contributed by atoms with Crippen LogP contribution in [0.4, 0.5) is 4.39 Å². The summed E-state index contributed by atoms with van der Waals surface area (Å²) in [7, 11) is 1.52. The third-order valence-corrected chi connectivity index (χ3v) is 2.38. The van der Waals surface area contributed by atoms with Crippen LogP contribution in [0.1, 0.15) is 0 Å². The van der Waals surface area contributed by atoms with E-state index < -0.39 is 0 Å².